The summed E-state index contributed by atoms with van der Waals surface area (Å²) in [5.41, 5.74) is 4.40. The van der Waals surface area contributed by atoms with Gasteiger partial charge >= 0.3 is 0 Å². The lowest BCUT2D eigenvalue weighted by Gasteiger charge is -2.28. The third-order valence-electron chi connectivity index (χ3n) is 12.5. The molecule has 4 amide bonds. The number of hydrogen-bond donors (Lipinski definition) is 0. The average molecular weight is 861 g/mol. The molecule has 0 saturated heterocycles. The van der Waals surface area contributed by atoms with Gasteiger partial charge in [-0.3, -0.25) is 19.2 Å². The summed E-state index contributed by atoms with van der Waals surface area (Å²) in [6.45, 7) is 14.9. The number of hydrogen-bond acceptors (Lipinski definition) is 8. The molecule has 1 unspecified atom stereocenters. The summed E-state index contributed by atoms with van der Waals surface area (Å²) in [6, 6.07) is 37.1. The number of nitrogens with zero attached hydrogens (tertiary/aromatic N) is 2. The van der Waals surface area contributed by atoms with Crippen molar-refractivity contribution in [1.29, 1.82) is 0 Å². The summed E-state index contributed by atoms with van der Waals surface area (Å²) < 4.78 is 39.7. The van der Waals surface area contributed by atoms with Gasteiger partial charge in [0.1, 0.15) is 17.2 Å². The van der Waals surface area contributed by atoms with Gasteiger partial charge in [0.2, 0.25) is 9.84 Å². The van der Waals surface area contributed by atoms with Crippen LogP contribution in [0, 0.1) is 0 Å². The maximum atomic E-state index is 14.0. The zero-order valence-corrected chi connectivity index (χ0v) is 37.1. The van der Waals surface area contributed by atoms with Gasteiger partial charge in [-0.25, -0.2) is 18.2 Å². The Kier molecular flexibility index (Phi) is 11.0. The van der Waals surface area contributed by atoms with E-state index in [9.17, 15) is 27.6 Å². The van der Waals surface area contributed by atoms with E-state index < -0.39 is 33.5 Å². The predicted molar refractivity (Wildman–Crippen MR) is 242 cm³/mol. The third kappa shape index (κ3) is 7.50. The zero-order valence-electron chi connectivity index (χ0n) is 36.3. The number of imide groups is 2. The molecule has 0 aromatic heterocycles. The molecule has 0 saturated carbocycles. The highest BCUT2D eigenvalue weighted by Gasteiger charge is 2.41. The average Bonchev–Trinajstić information content (AvgIpc) is 3.71. The van der Waals surface area contributed by atoms with Crippen molar-refractivity contribution in [3.05, 3.63) is 172 Å². The van der Waals surface area contributed by atoms with E-state index in [0.29, 0.717) is 17.9 Å². The Bertz CT molecular complexity index is 2900. The van der Waals surface area contributed by atoms with Crippen molar-refractivity contribution in [2.75, 3.05) is 9.80 Å². The molecule has 11 heteroatoms. The third-order valence-corrected chi connectivity index (χ3v) is 14.3. The second-order valence-electron chi connectivity index (χ2n) is 17.1. The Labute approximate surface area is 368 Å². The van der Waals surface area contributed by atoms with Gasteiger partial charge < -0.3 is 9.47 Å². The minimum absolute atomic E-state index is 0.0827. The van der Waals surface area contributed by atoms with E-state index in [2.05, 4.69) is 58.9 Å². The molecule has 0 bridgehead atoms. The van der Waals surface area contributed by atoms with Crippen molar-refractivity contribution in [1.82, 2.24) is 0 Å². The predicted octanol–water partition coefficient (Wildman–Crippen LogP) is 11.1. The lowest BCUT2D eigenvalue weighted by Crippen LogP contribution is -2.29. The van der Waals surface area contributed by atoms with E-state index in [-0.39, 0.29) is 66.1 Å². The molecule has 6 aromatic carbocycles. The lowest BCUT2D eigenvalue weighted by atomic mass is 9.76. The second-order valence-corrected chi connectivity index (χ2v) is 19.1. The van der Waals surface area contributed by atoms with E-state index in [1.54, 1.807) is 36.4 Å². The maximum Gasteiger partial charge on any atom is 0.269 e. The van der Waals surface area contributed by atoms with Crippen LogP contribution in [0.3, 0.4) is 0 Å². The van der Waals surface area contributed by atoms with E-state index >= 15 is 0 Å². The first-order valence-electron chi connectivity index (χ1n) is 21.0. The molecule has 320 valence electrons. The van der Waals surface area contributed by atoms with Crippen LogP contribution < -0.4 is 19.3 Å². The maximum absolute atomic E-state index is 14.0. The van der Waals surface area contributed by atoms with Gasteiger partial charge in [0.25, 0.3) is 23.6 Å². The van der Waals surface area contributed by atoms with Crippen LogP contribution in [0.4, 0.5) is 11.4 Å². The molecule has 2 heterocycles. The molecule has 8 rings (SSSR count). The van der Waals surface area contributed by atoms with Crippen LogP contribution in [0.5, 0.6) is 17.2 Å². The van der Waals surface area contributed by atoms with Crippen molar-refractivity contribution in [3.8, 4) is 17.2 Å². The van der Waals surface area contributed by atoms with E-state index in [1.165, 1.54) is 59.7 Å². The van der Waals surface area contributed by atoms with Crippen LogP contribution in [-0.4, -0.2) is 38.2 Å². The first-order valence-corrected chi connectivity index (χ1v) is 22.5. The number of benzene rings is 6. The Morgan fingerprint density at radius 1 is 0.540 bits per heavy atom. The van der Waals surface area contributed by atoms with Crippen LogP contribution in [0.1, 0.15) is 119 Å². The monoisotopic (exact) mass is 860 g/mol. The molecule has 0 fully saturated rings. The number of ether oxygens (including phenoxy) is 2. The van der Waals surface area contributed by atoms with Crippen molar-refractivity contribution < 1.29 is 37.1 Å². The summed E-state index contributed by atoms with van der Waals surface area (Å²) >= 11 is 0. The van der Waals surface area contributed by atoms with Gasteiger partial charge in [-0.05, 0) is 127 Å². The summed E-state index contributed by atoms with van der Waals surface area (Å²) in [7, 11) is -4.10. The summed E-state index contributed by atoms with van der Waals surface area (Å²) in [4.78, 5) is 56.4. The fourth-order valence-corrected chi connectivity index (χ4v) is 9.18. The molecule has 10 nitrogen and oxygen atoms in total. The first kappa shape index (κ1) is 42.8. The van der Waals surface area contributed by atoms with Crippen LogP contribution in [-0.2, 0) is 20.7 Å². The molecule has 2 aliphatic heterocycles. The minimum atomic E-state index is -4.10. The number of carbonyl (C=O) groups excluding carboxylic acids is 4. The van der Waals surface area contributed by atoms with Gasteiger partial charge in [0.05, 0.1) is 49.5 Å². The molecule has 2 aliphatic rings. The molecule has 0 radical (unpaired) electrons. The molecule has 1 atom stereocenters. The molecule has 0 N–H and O–H groups in total. The van der Waals surface area contributed by atoms with Gasteiger partial charge in [-0.1, -0.05) is 90.1 Å². The molecule has 0 spiro atoms. The summed E-state index contributed by atoms with van der Waals surface area (Å²) in [5.74, 6) is -1.23. The zero-order chi connectivity index (χ0) is 45.0. The largest absolute Gasteiger partial charge is 0.490 e. The lowest BCUT2D eigenvalue weighted by molar-refractivity contribution is 0.0909. The Morgan fingerprint density at radius 2 is 0.968 bits per heavy atom. The first-order chi connectivity index (χ1) is 30.0. The van der Waals surface area contributed by atoms with E-state index in [0.717, 1.165) is 21.8 Å². The second kappa shape index (κ2) is 16.1. The van der Waals surface area contributed by atoms with Crippen molar-refractivity contribution in [3.63, 3.8) is 0 Å². The summed E-state index contributed by atoms with van der Waals surface area (Å²) in [6.07, 6.45) is 1.58. The fraction of sp³-hybridized carbons (Fsp3) is 0.231. The van der Waals surface area contributed by atoms with Crippen LogP contribution in [0.25, 0.3) is 0 Å². The van der Waals surface area contributed by atoms with Crippen LogP contribution in [0.2, 0.25) is 0 Å². The van der Waals surface area contributed by atoms with Crippen LogP contribution >= 0.6 is 0 Å². The normalized spacial score (nSPS) is 14.5. The number of fused-ring (bicyclic) bond motifs is 2. The van der Waals surface area contributed by atoms with E-state index in [1.807, 2.05) is 38.1 Å². The molecular formula is C52H48N2O8S. The highest BCUT2D eigenvalue weighted by molar-refractivity contribution is 7.91. The molecule has 0 aliphatic carbocycles. The number of amides is 4. The van der Waals surface area contributed by atoms with Gasteiger partial charge in [-0.2, -0.15) is 0 Å². The number of carbonyl (C=O) groups is 4. The number of rotatable bonds is 13. The Hall–Kier alpha value is -6.85. The number of anilines is 2. The Balaban J connectivity index is 0.968. The standard InChI is InChI=1S/C52H48N2O8S/c1-8-32(3)61-43-14-10-12-41-45(43)49(57)53(47(41)55)36-22-28-39(29-23-36)63(59,60)40-30-24-37(25-31-40)54-48(56)42-13-11-15-44(46(42)50(54)58)62-38-26-20-35(21-27-38)52(6,7)34-18-16-33(17-19-34)51(4,5)9-2/h10-32H,8-9H2,1-7H3. The van der Waals surface area contributed by atoms with Crippen molar-refractivity contribution in [2.24, 2.45) is 0 Å². The van der Waals surface area contributed by atoms with Gasteiger partial charge in [0.15, 0.2) is 0 Å². The molecular weight excluding hydrogens is 813 g/mol. The minimum Gasteiger partial charge on any atom is -0.490 e. The highest BCUT2D eigenvalue weighted by atomic mass is 32.2. The molecule has 6 aromatic rings. The quantitative estimate of drug-likeness (QED) is 0.105. The number of sulfone groups is 1. The van der Waals surface area contributed by atoms with E-state index in [4.69, 9.17) is 9.47 Å². The van der Waals surface area contributed by atoms with Gasteiger partial charge in [-0.15, -0.1) is 0 Å². The Morgan fingerprint density at radius 3 is 1.43 bits per heavy atom. The SMILES string of the molecule is CCC(C)Oc1cccc2c1C(=O)N(c1ccc(S(=O)(=O)c3ccc(N4C(=O)c5cccc(Oc6ccc(C(C)(C)c7ccc(C(C)(C)CC)cc7)cc6)c5C4=O)cc3)cc1)C2=O. The highest BCUT2D eigenvalue weighted by Crippen LogP contribution is 2.40. The van der Waals surface area contributed by atoms with Gasteiger partial charge in [0, 0.05) is 5.41 Å². The fourth-order valence-electron chi connectivity index (χ4n) is 7.92. The summed E-state index contributed by atoms with van der Waals surface area (Å²) in [5, 5.41) is 0. The smallest absolute Gasteiger partial charge is 0.269 e. The van der Waals surface area contributed by atoms with Crippen LogP contribution in [0.15, 0.2) is 143 Å². The molecule has 63 heavy (non-hydrogen) atoms. The van der Waals surface area contributed by atoms with Crippen molar-refractivity contribution >= 4 is 44.8 Å². The van der Waals surface area contributed by atoms with Crippen molar-refractivity contribution in [2.45, 2.75) is 88.0 Å². The topological polar surface area (TPSA) is 127 Å².